The van der Waals surface area contributed by atoms with Crippen LogP contribution in [-0.4, -0.2) is 23.8 Å². The Bertz CT molecular complexity index is 714. The van der Waals surface area contributed by atoms with Crippen LogP contribution >= 0.6 is 0 Å². The Morgan fingerprint density at radius 3 is 2.50 bits per heavy atom. The number of carbonyl (C=O) groups excluding carboxylic acids is 1. The topological polar surface area (TPSA) is 70.3 Å². The van der Waals surface area contributed by atoms with E-state index in [1.165, 1.54) is 7.11 Å². The molecule has 1 fully saturated rings. The van der Waals surface area contributed by atoms with Gasteiger partial charge in [0, 0.05) is 11.5 Å². The van der Waals surface area contributed by atoms with Gasteiger partial charge in [-0.3, -0.25) is 0 Å². The van der Waals surface area contributed by atoms with Gasteiger partial charge in [0.1, 0.15) is 5.60 Å². The van der Waals surface area contributed by atoms with Gasteiger partial charge < -0.3 is 9.84 Å². The number of hydrogen-bond acceptors (Lipinski definition) is 4. The molecule has 0 radical (unpaired) electrons. The molecule has 0 aliphatic heterocycles. The van der Waals surface area contributed by atoms with Crippen LogP contribution in [0.1, 0.15) is 55.5 Å². The number of nitriles is 1. The van der Waals surface area contributed by atoms with Gasteiger partial charge in [0.05, 0.1) is 24.2 Å². The van der Waals surface area contributed by atoms with Gasteiger partial charge >= 0.3 is 5.97 Å². The summed E-state index contributed by atoms with van der Waals surface area (Å²) in [6, 6.07) is 9.17. The van der Waals surface area contributed by atoms with E-state index in [-0.39, 0.29) is 5.92 Å². The molecule has 1 aromatic rings. The van der Waals surface area contributed by atoms with Crippen LogP contribution in [0.25, 0.3) is 0 Å². The van der Waals surface area contributed by atoms with E-state index in [1.54, 1.807) is 24.3 Å². The summed E-state index contributed by atoms with van der Waals surface area (Å²) in [5.41, 5.74) is -1.30. The Balaban J connectivity index is 2.49. The van der Waals surface area contributed by atoms with Crippen molar-refractivity contribution in [3.05, 3.63) is 35.4 Å². The van der Waals surface area contributed by atoms with Gasteiger partial charge in [-0.2, -0.15) is 5.26 Å². The number of ether oxygens (including phenoxy) is 1. The van der Waals surface area contributed by atoms with Gasteiger partial charge in [0.2, 0.25) is 0 Å². The molecule has 0 spiro atoms. The fraction of sp³-hybridized carbons (Fsp3) is 0.500. The number of nitrogens with zero attached hydrogens (tertiary/aromatic N) is 1. The van der Waals surface area contributed by atoms with E-state index in [1.807, 2.05) is 13.8 Å². The summed E-state index contributed by atoms with van der Waals surface area (Å²) in [5, 5.41) is 20.9. The first kappa shape index (κ1) is 18.0. The monoisotopic (exact) mass is 325 g/mol. The molecule has 1 aliphatic rings. The van der Waals surface area contributed by atoms with Gasteiger partial charge in [-0.05, 0) is 37.8 Å². The summed E-state index contributed by atoms with van der Waals surface area (Å²) < 4.78 is 4.78. The highest BCUT2D eigenvalue weighted by Gasteiger charge is 2.61. The second-order valence-corrected chi connectivity index (χ2v) is 6.26. The third-order valence-corrected chi connectivity index (χ3v) is 4.99. The summed E-state index contributed by atoms with van der Waals surface area (Å²) >= 11 is 0. The van der Waals surface area contributed by atoms with E-state index in [0.29, 0.717) is 24.0 Å². The lowest BCUT2D eigenvalue weighted by Crippen LogP contribution is -2.44. The Hall–Kier alpha value is -2.30. The molecule has 126 valence electrons. The minimum absolute atomic E-state index is 0.0857. The van der Waals surface area contributed by atoms with Crippen LogP contribution in [0.4, 0.5) is 0 Å². The highest BCUT2D eigenvalue weighted by molar-refractivity contribution is 5.92. The van der Waals surface area contributed by atoms with E-state index >= 15 is 0 Å². The van der Waals surface area contributed by atoms with E-state index in [9.17, 15) is 15.2 Å². The van der Waals surface area contributed by atoms with Crippen molar-refractivity contribution in [2.45, 2.75) is 45.1 Å². The first-order valence-electron chi connectivity index (χ1n) is 8.32. The maximum Gasteiger partial charge on any atom is 0.339 e. The summed E-state index contributed by atoms with van der Waals surface area (Å²) in [7, 11) is 1.32. The van der Waals surface area contributed by atoms with Crippen LogP contribution in [0, 0.1) is 34.5 Å². The number of methoxy groups -OCH3 is 1. The molecule has 1 N–H and O–H groups in total. The molecule has 4 heteroatoms. The molecule has 1 saturated carbocycles. The molecule has 0 bridgehead atoms. The zero-order chi connectivity index (χ0) is 17.8. The molecule has 0 unspecified atom stereocenters. The van der Waals surface area contributed by atoms with Gasteiger partial charge in [-0.25, -0.2) is 4.79 Å². The van der Waals surface area contributed by atoms with Crippen molar-refractivity contribution in [2.24, 2.45) is 11.3 Å². The first-order valence-corrected chi connectivity index (χ1v) is 8.32. The smallest absolute Gasteiger partial charge is 0.339 e. The summed E-state index contributed by atoms with van der Waals surface area (Å²) in [6.45, 7) is 3.99. The number of benzene rings is 1. The maximum absolute atomic E-state index is 11.9. The van der Waals surface area contributed by atoms with Crippen molar-refractivity contribution in [1.82, 2.24) is 0 Å². The molecule has 24 heavy (non-hydrogen) atoms. The molecule has 4 nitrogen and oxygen atoms in total. The number of aliphatic hydroxyl groups is 1. The van der Waals surface area contributed by atoms with Crippen LogP contribution in [0.15, 0.2) is 24.3 Å². The average Bonchev–Trinajstić information content (AvgIpc) is 3.42. The largest absolute Gasteiger partial charge is 0.465 e. The minimum Gasteiger partial charge on any atom is -0.465 e. The summed E-state index contributed by atoms with van der Waals surface area (Å²) in [5.74, 6) is 5.36. The third kappa shape index (κ3) is 3.03. The van der Waals surface area contributed by atoms with Gasteiger partial charge in [0.25, 0.3) is 0 Å². The molecular formula is C20H23NO3. The predicted molar refractivity (Wildman–Crippen MR) is 91.0 cm³/mol. The molecule has 1 aromatic carbocycles. The van der Waals surface area contributed by atoms with Crippen LogP contribution in [0.5, 0.6) is 0 Å². The highest BCUT2D eigenvalue weighted by Crippen LogP contribution is 2.57. The Kier molecular flexibility index (Phi) is 5.32. The average molecular weight is 325 g/mol. The number of esters is 1. The molecule has 0 aromatic heterocycles. The number of carbonyl (C=O) groups is 1. The standard InChI is InChI=1S/C20H23NO3/c1-4-16(5-2)20(23,19(14-21)12-13-19)11-10-15-8-6-7-9-17(15)18(22)24-3/h6-9,16,23H,4-5,12-13H2,1-3H3/t20-/m0/s1. The molecule has 0 amide bonds. The van der Waals surface area contributed by atoms with Gasteiger partial charge in [-0.1, -0.05) is 37.8 Å². The van der Waals surface area contributed by atoms with Crippen molar-refractivity contribution in [1.29, 1.82) is 5.26 Å². The highest BCUT2D eigenvalue weighted by atomic mass is 16.5. The third-order valence-electron chi connectivity index (χ3n) is 4.99. The van der Waals surface area contributed by atoms with E-state index in [2.05, 4.69) is 17.9 Å². The zero-order valence-corrected chi connectivity index (χ0v) is 14.4. The number of rotatable bonds is 5. The number of hydrogen-bond donors (Lipinski definition) is 1. The molecule has 0 heterocycles. The van der Waals surface area contributed by atoms with Crippen molar-refractivity contribution in [3.8, 4) is 17.9 Å². The molecule has 0 saturated heterocycles. The molecule has 1 aliphatic carbocycles. The lowest BCUT2D eigenvalue weighted by atomic mass is 9.73. The summed E-state index contributed by atoms with van der Waals surface area (Å²) in [4.78, 5) is 11.9. The second kappa shape index (κ2) is 7.07. The van der Waals surface area contributed by atoms with Crippen LogP contribution in [-0.2, 0) is 4.74 Å². The van der Waals surface area contributed by atoms with Crippen molar-refractivity contribution in [2.75, 3.05) is 7.11 Å². The fourth-order valence-corrected chi connectivity index (χ4v) is 3.24. The maximum atomic E-state index is 11.9. The zero-order valence-electron chi connectivity index (χ0n) is 14.4. The van der Waals surface area contributed by atoms with Crippen LogP contribution in [0.2, 0.25) is 0 Å². The molecule has 2 rings (SSSR count). The van der Waals surface area contributed by atoms with Crippen LogP contribution < -0.4 is 0 Å². The van der Waals surface area contributed by atoms with Crippen LogP contribution in [0.3, 0.4) is 0 Å². The summed E-state index contributed by atoms with van der Waals surface area (Å²) in [6.07, 6.45) is 2.79. The minimum atomic E-state index is -1.37. The molecule has 1 atom stereocenters. The lowest BCUT2D eigenvalue weighted by molar-refractivity contribution is -0.0123. The Labute approximate surface area is 143 Å². The van der Waals surface area contributed by atoms with Crippen molar-refractivity contribution < 1.29 is 14.6 Å². The van der Waals surface area contributed by atoms with Gasteiger partial charge in [0.15, 0.2) is 0 Å². The second-order valence-electron chi connectivity index (χ2n) is 6.26. The Morgan fingerprint density at radius 2 is 2.00 bits per heavy atom. The van der Waals surface area contributed by atoms with Gasteiger partial charge in [-0.15, -0.1) is 0 Å². The van der Waals surface area contributed by atoms with E-state index < -0.39 is 17.0 Å². The SMILES string of the molecule is CCC(CC)[C@@](O)(C#Cc1ccccc1C(=O)OC)C1(C#N)CC1. The fourth-order valence-electron chi connectivity index (χ4n) is 3.24. The Morgan fingerprint density at radius 1 is 1.38 bits per heavy atom. The van der Waals surface area contributed by atoms with Crippen molar-refractivity contribution >= 4 is 5.97 Å². The lowest BCUT2D eigenvalue weighted by Gasteiger charge is -2.34. The van der Waals surface area contributed by atoms with E-state index in [0.717, 1.165) is 12.8 Å². The normalized spacial score (nSPS) is 17.2. The van der Waals surface area contributed by atoms with Crippen molar-refractivity contribution in [3.63, 3.8) is 0 Å². The predicted octanol–water partition coefficient (Wildman–Crippen LogP) is 3.30. The quantitative estimate of drug-likeness (QED) is 0.666. The molecular weight excluding hydrogens is 302 g/mol. The van der Waals surface area contributed by atoms with E-state index in [4.69, 9.17) is 4.74 Å². The first-order chi connectivity index (χ1) is 11.5.